The van der Waals surface area contributed by atoms with E-state index in [1.165, 1.54) is 45.9 Å². The van der Waals surface area contributed by atoms with Gasteiger partial charge in [0.2, 0.25) is 10.0 Å². The molecule has 0 aliphatic heterocycles. The van der Waals surface area contributed by atoms with Crippen LogP contribution in [-0.4, -0.2) is 46.5 Å². The molecule has 0 saturated carbocycles. The molecule has 0 saturated heterocycles. The fourth-order valence-corrected chi connectivity index (χ4v) is 4.55. The quantitative estimate of drug-likeness (QED) is 0.573. The monoisotopic (exact) mass is 467 g/mol. The largest absolute Gasteiger partial charge is 0.416 e. The third kappa shape index (κ3) is 4.81. The minimum Gasteiger partial charge on any atom is -0.320 e. The molecule has 12 heteroatoms. The SMILES string of the molecule is CCN(CC)S(=O)(=O)c1cccc(C(=O)Nc2cc(C(F)(F)F)ccc2-n2cncn2)c1. The van der Waals surface area contributed by atoms with Crippen LogP contribution in [0, 0.1) is 0 Å². The fraction of sp³-hybridized carbons (Fsp3) is 0.250. The van der Waals surface area contributed by atoms with Gasteiger partial charge in [-0.15, -0.1) is 0 Å². The number of anilines is 1. The van der Waals surface area contributed by atoms with Gasteiger partial charge in [0.1, 0.15) is 12.7 Å². The first-order chi connectivity index (χ1) is 15.1. The van der Waals surface area contributed by atoms with Crippen molar-refractivity contribution in [3.8, 4) is 5.69 Å². The number of aromatic nitrogens is 3. The van der Waals surface area contributed by atoms with E-state index in [-0.39, 0.29) is 34.9 Å². The molecule has 8 nitrogen and oxygen atoms in total. The number of hydrogen-bond acceptors (Lipinski definition) is 5. The number of alkyl halides is 3. The number of carbonyl (C=O) groups excluding carboxylic acids is 1. The minimum absolute atomic E-state index is 0.0276. The molecule has 0 atom stereocenters. The Kier molecular flexibility index (Phi) is 6.65. The zero-order valence-corrected chi connectivity index (χ0v) is 18.0. The van der Waals surface area contributed by atoms with E-state index in [0.29, 0.717) is 0 Å². The average Bonchev–Trinajstić information content (AvgIpc) is 3.28. The summed E-state index contributed by atoms with van der Waals surface area (Å²) in [5.74, 6) is -0.776. The van der Waals surface area contributed by atoms with Crippen molar-refractivity contribution in [3.05, 3.63) is 66.2 Å². The zero-order chi connectivity index (χ0) is 23.5. The van der Waals surface area contributed by atoms with Gasteiger partial charge in [-0.1, -0.05) is 19.9 Å². The number of halogens is 3. The van der Waals surface area contributed by atoms with E-state index in [2.05, 4.69) is 15.4 Å². The lowest BCUT2D eigenvalue weighted by atomic mass is 10.1. The molecule has 1 N–H and O–H groups in total. The second kappa shape index (κ2) is 9.09. The molecule has 0 aliphatic rings. The van der Waals surface area contributed by atoms with Crippen molar-refractivity contribution in [3.63, 3.8) is 0 Å². The van der Waals surface area contributed by atoms with Gasteiger partial charge >= 0.3 is 6.18 Å². The summed E-state index contributed by atoms with van der Waals surface area (Å²) in [5.41, 5.74) is -0.988. The molecule has 0 spiro atoms. The Morgan fingerprint density at radius 1 is 1.12 bits per heavy atom. The second-order valence-electron chi connectivity index (χ2n) is 6.64. The van der Waals surface area contributed by atoms with Crippen LogP contribution >= 0.6 is 0 Å². The standard InChI is InChI=1S/C20H20F3N5O3S/c1-3-27(4-2)32(30,31)16-7-5-6-14(10-16)19(29)26-17-11-15(20(21,22)23)8-9-18(17)28-13-24-12-25-28/h5-13H,3-4H2,1-2H3,(H,26,29). The smallest absolute Gasteiger partial charge is 0.320 e. The molecule has 32 heavy (non-hydrogen) atoms. The number of nitrogens with zero attached hydrogens (tertiary/aromatic N) is 4. The summed E-state index contributed by atoms with van der Waals surface area (Å²) in [5, 5.41) is 6.32. The first-order valence-electron chi connectivity index (χ1n) is 9.55. The van der Waals surface area contributed by atoms with Crippen LogP contribution in [0.4, 0.5) is 18.9 Å². The molecule has 170 valence electrons. The maximum Gasteiger partial charge on any atom is 0.416 e. The van der Waals surface area contributed by atoms with Crippen LogP contribution in [0.15, 0.2) is 60.0 Å². The molecule has 1 aromatic heterocycles. The Morgan fingerprint density at radius 2 is 1.84 bits per heavy atom. The summed E-state index contributed by atoms with van der Waals surface area (Å²) >= 11 is 0. The van der Waals surface area contributed by atoms with Gasteiger partial charge in [0.15, 0.2) is 0 Å². The molecule has 3 rings (SSSR count). The molecule has 1 heterocycles. The number of sulfonamides is 1. The van der Waals surface area contributed by atoms with Gasteiger partial charge in [-0.2, -0.15) is 22.6 Å². The Hall–Kier alpha value is -3.25. The van der Waals surface area contributed by atoms with E-state index in [4.69, 9.17) is 0 Å². The summed E-state index contributed by atoms with van der Waals surface area (Å²) in [6, 6.07) is 8.13. The van der Waals surface area contributed by atoms with Crippen LogP contribution in [0.2, 0.25) is 0 Å². The van der Waals surface area contributed by atoms with Crippen LogP contribution in [0.25, 0.3) is 5.69 Å². The van der Waals surface area contributed by atoms with Crippen molar-refractivity contribution in [1.29, 1.82) is 0 Å². The molecule has 0 aliphatic carbocycles. The van der Waals surface area contributed by atoms with E-state index in [1.807, 2.05) is 0 Å². The number of rotatable bonds is 7. The molecular weight excluding hydrogens is 447 g/mol. The van der Waals surface area contributed by atoms with Crippen LogP contribution in [0.1, 0.15) is 29.8 Å². The van der Waals surface area contributed by atoms with E-state index in [1.54, 1.807) is 13.8 Å². The molecule has 0 bridgehead atoms. The summed E-state index contributed by atoms with van der Waals surface area (Å²) in [6.07, 6.45) is -2.15. The lowest BCUT2D eigenvalue weighted by Crippen LogP contribution is -2.30. The third-order valence-electron chi connectivity index (χ3n) is 4.68. The summed E-state index contributed by atoms with van der Waals surface area (Å²) in [4.78, 5) is 16.5. The molecule has 0 unspecified atom stereocenters. The zero-order valence-electron chi connectivity index (χ0n) is 17.2. The van der Waals surface area contributed by atoms with Gasteiger partial charge in [0.25, 0.3) is 5.91 Å². The van der Waals surface area contributed by atoms with E-state index in [9.17, 15) is 26.4 Å². The third-order valence-corrected chi connectivity index (χ3v) is 6.72. The van der Waals surface area contributed by atoms with Crippen LogP contribution < -0.4 is 5.32 Å². The summed E-state index contributed by atoms with van der Waals surface area (Å²) in [6.45, 7) is 3.88. The van der Waals surface area contributed by atoms with Crippen molar-refractivity contribution in [1.82, 2.24) is 19.1 Å². The fourth-order valence-electron chi connectivity index (χ4n) is 3.05. The first-order valence-corrected chi connectivity index (χ1v) is 11.0. The predicted molar refractivity (Wildman–Crippen MR) is 111 cm³/mol. The van der Waals surface area contributed by atoms with Gasteiger partial charge in [-0.05, 0) is 36.4 Å². The molecular formula is C20H20F3N5O3S. The van der Waals surface area contributed by atoms with Crippen LogP contribution in [0.3, 0.4) is 0 Å². The topological polar surface area (TPSA) is 97.2 Å². The van der Waals surface area contributed by atoms with E-state index >= 15 is 0 Å². The number of hydrogen-bond donors (Lipinski definition) is 1. The normalized spacial score (nSPS) is 12.2. The molecule has 3 aromatic rings. The highest BCUT2D eigenvalue weighted by Gasteiger charge is 2.31. The number of nitrogens with one attached hydrogen (secondary N) is 1. The lowest BCUT2D eigenvalue weighted by molar-refractivity contribution is -0.137. The van der Waals surface area contributed by atoms with Gasteiger partial charge in [-0.3, -0.25) is 4.79 Å². The van der Waals surface area contributed by atoms with Crippen LogP contribution in [-0.2, 0) is 16.2 Å². The molecule has 1 amide bonds. The highest BCUT2D eigenvalue weighted by Crippen LogP contribution is 2.33. The van der Waals surface area contributed by atoms with Crippen LogP contribution in [0.5, 0.6) is 0 Å². The maximum atomic E-state index is 13.2. The Bertz CT molecular complexity index is 1210. The summed E-state index contributed by atoms with van der Waals surface area (Å²) < 4.78 is 67.6. The minimum atomic E-state index is -4.63. The number of carbonyl (C=O) groups is 1. The lowest BCUT2D eigenvalue weighted by Gasteiger charge is -2.19. The Morgan fingerprint density at radius 3 is 2.44 bits per heavy atom. The second-order valence-corrected chi connectivity index (χ2v) is 8.58. The van der Waals surface area contributed by atoms with Crippen molar-refractivity contribution in [2.75, 3.05) is 18.4 Å². The van der Waals surface area contributed by atoms with Gasteiger partial charge in [0.05, 0.1) is 21.8 Å². The number of amides is 1. The summed E-state index contributed by atoms with van der Waals surface area (Å²) in [7, 11) is -3.82. The van der Waals surface area contributed by atoms with Crippen molar-refractivity contribution in [2.24, 2.45) is 0 Å². The average molecular weight is 467 g/mol. The Balaban J connectivity index is 1.99. The van der Waals surface area contributed by atoms with Gasteiger partial charge in [0, 0.05) is 18.7 Å². The predicted octanol–water partition coefficient (Wildman–Crippen LogP) is 3.57. The highest BCUT2D eigenvalue weighted by molar-refractivity contribution is 7.89. The maximum absolute atomic E-state index is 13.2. The van der Waals surface area contributed by atoms with Crippen molar-refractivity contribution < 1.29 is 26.4 Å². The Labute approximate surface area is 182 Å². The molecule has 0 radical (unpaired) electrons. The van der Waals surface area contributed by atoms with E-state index < -0.39 is 27.7 Å². The van der Waals surface area contributed by atoms with Gasteiger partial charge in [-0.25, -0.2) is 18.1 Å². The van der Waals surface area contributed by atoms with Crippen molar-refractivity contribution >= 4 is 21.6 Å². The molecule has 2 aromatic carbocycles. The first kappa shape index (κ1) is 23.4. The van der Waals surface area contributed by atoms with E-state index in [0.717, 1.165) is 18.2 Å². The number of benzene rings is 2. The highest BCUT2D eigenvalue weighted by atomic mass is 32.2. The molecule has 0 fully saturated rings. The van der Waals surface area contributed by atoms with Gasteiger partial charge < -0.3 is 5.32 Å². The van der Waals surface area contributed by atoms with Crippen molar-refractivity contribution in [2.45, 2.75) is 24.9 Å².